The van der Waals surface area contributed by atoms with E-state index in [2.05, 4.69) is 10.6 Å². The van der Waals surface area contributed by atoms with E-state index in [0.29, 0.717) is 18.2 Å². The van der Waals surface area contributed by atoms with E-state index < -0.39 is 5.82 Å². The van der Waals surface area contributed by atoms with Gasteiger partial charge in [-0.1, -0.05) is 11.6 Å². The Kier molecular flexibility index (Phi) is 7.78. The Labute approximate surface area is 134 Å². The lowest BCUT2D eigenvalue weighted by Gasteiger charge is -2.10. The van der Waals surface area contributed by atoms with Crippen LogP contribution in [-0.2, 0) is 4.79 Å². The highest BCUT2D eigenvalue weighted by atomic mass is 35.5. The normalized spacial score (nSPS) is 17.1. The minimum Gasteiger partial charge on any atom is -0.482 e. The summed E-state index contributed by atoms with van der Waals surface area (Å²) in [6.45, 7) is 2.61. The third-order valence-electron chi connectivity index (χ3n) is 3.29. The molecule has 0 bridgehead atoms. The smallest absolute Gasteiger partial charge is 0.257 e. The maximum Gasteiger partial charge on any atom is 0.257 e. The van der Waals surface area contributed by atoms with Crippen molar-refractivity contribution in [3.05, 3.63) is 29.0 Å². The topological polar surface area (TPSA) is 50.4 Å². The van der Waals surface area contributed by atoms with Crippen LogP contribution in [0.5, 0.6) is 5.75 Å². The van der Waals surface area contributed by atoms with E-state index in [1.165, 1.54) is 12.1 Å². The van der Waals surface area contributed by atoms with Crippen molar-refractivity contribution < 1.29 is 13.9 Å². The van der Waals surface area contributed by atoms with Gasteiger partial charge in [-0.05, 0) is 50.0 Å². The second-order valence-corrected chi connectivity index (χ2v) is 5.27. The van der Waals surface area contributed by atoms with Crippen LogP contribution < -0.4 is 15.4 Å². The number of rotatable bonds is 6. The highest BCUT2D eigenvalue weighted by Gasteiger charge is 2.14. The molecule has 0 aliphatic carbocycles. The largest absolute Gasteiger partial charge is 0.482 e. The Morgan fingerprint density at radius 3 is 3.00 bits per heavy atom. The third-order valence-corrected chi connectivity index (χ3v) is 3.59. The Bertz CT molecular complexity index is 468. The molecule has 1 amide bonds. The standard InChI is InChI=1S/C14H18ClFN2O2.ClH/c15-12-7-11(16)1-2-13(12)20-9-14(19)18-6-4-10-3-5-17-8-10;/h1-2,7,10,17H,3-6,8-9H2,(H,18,19);1H. The van der Waals surface area contributed by atoms with E-state index in [-0.39, 0.29) is 29.9 Å². The molecule has 7 heteroatoms. The molecule has 1 heterocycles. The molecule has 1 fully saturated rings. The van der Waals surface area contributed by atoms with E-state index in [0.717, 1.165) is 32.0 Å². The number of carbonyl (C=O) groups is 1. The Morgan fingerprint density at radius 2 is 2.33 bits per heavy atom. The minimum absolute atomic E-state index is 0. The van der Waals surface area contributed by atoms with E-state index in [9.17, 15) is 9.18 Å². The zero-order valence-corrected chi connectivity index (χ0v) is 13.1. The number of amides is 1. The average Bonchev–Trinajstić information content (AvgIpc) is 2.91. The number of hydrogen-bond acceptors (Lipinski definition) is 3. The summed E-state index contributed by atoms with van der Waals surface area (Å²) in [5.41, 5.74) is 0. The molecule has 0 radical (unpaired) electrons. The quantitative estimate of drug-likeness (QED) is 0.838. The van der Waals surface area contributed by atoms with Crippen LogP contribution in [0.2, 0.25) is 5.02 Å². The van der Waals surface area contributed by atoms with E-state index in [1.807, 2.05) is 0 Å². The van der Waals surface area contributed by atoms with Gasteiger partial charge in [0.2, 0.25) is 0 Å². The van der Waals surface area contributed by atoms with Crippen LogP contribution in [0, 0.1) is 11.7 Å². The molecule has 2 N–H and O–H groups in total. The van der Waals surface area contributed by atoms with E-state index in [1.54, 1.807) is 0 Å². The highest BCUT2D eigenvalue weighted by molar-refractivity contribution is 6.32. The number of halogens is 3. The van der Waals surface area contributed by atoms with Crippen LogP contribution in [0.15, 0.2) is 18.2 Å². The van der Waals surface area contributed by atoms with Gasteiger partial charge in [0.25, 0.3) is 5.91 Å². The molecule has 118 valence electrons. The fraction of sp³-hybridized carbons (Fsp3) is 0.500. The monoisotopic (exact) mass is 336 g/mol. The van der Waals surface area contributed by atoms with Gasteiger partial charge in [0.1, 0.15) is 11.6 Å². The maximum absolute atomic E-state index is 12.8. The SMILES string of the molecule is Cl.O=C(COc1ccc(F)cc1Cl)NCCC1CCNC1. The number of ether oxygens (including phenoxy) is 1. The molecule has 1 atom stereocenters. The molecular weight excluding hydrogens is 318 g/mol. The average molecular weight is 337 g/mol. The summed E-state index contributed by atoms with van der Waals surface area (Å²) in [7, 11) is 0. The highest BCUT2D eigenvalue weighted by Crippen LogP contribution is 2.24. The van der Waals surface area contributed by atoms with Gasteiger partial charge in [-0.2, -0.15) is 0 Å². The lowest BCUT2D eigenvalue weighted by atomic mass is 10.1. The Balaban J connectivity index is 0.00000220. The van der Waals surface area contributed by atoms with Gasteiger partial charge in [-0.25, -0.2) is 4.39 Å². The third kappa shape index (κ3) is 6.08. The molecule has 1 aliphatic rings. The van der Waals surface area contributed by atoms with Crippen LogP contribution in [-0.4, -0.2) is 32.1 Å². The van der Waals surface area contributed by atoms with Gasteiger partial charge in [-0.3, -0.25) is 4.79 Å². The number of carbonyl (C=O) groups excluding carboxylic acids is 1. The lowest BCUT2D eigenvalue weighted by Crippen LogP contribution is -2.30. The van der Waals surface area contributed by atoms with Crippen molar-refractivity contribution in [2.75, 3.05) is 26.2 Å². The maximum atomic E-state index is 12.8. The van der Waals surface area contributed by atoms with Crippen molar-refractivity contribution in [3.63, 3.8) is 0 Å². The zero-order valence-electron chi connectivity index (χ0n) is 11.5. The Hall–Kier alpha value is -1.04. The van der Waals surface area contributed by atoms with Crippen LogP contribution in [0.1, 0.15) is 12.8 Å². The minimum atomic E-state index is -0.433. The van der Waals surface area contributed by atoms with Crippen molar-refractivity contribution in [2.45, 2.75) is 12.8 Å². The molecule has 1 saturated heterocycles. The van der Waals surface area contributed by atoms with Crippen LogP contribution in [0.4, 0.5) is 4.39 Å². The van der Waals surface area contributed by atoms with Crippen molar-refractivity contribution in [2.24, 2.45) is 5.92 Å². The summed E-state index contributed by atoms with van der Waals surface area (Å²) < 4.78 is 18.1. The van der Waals surface area contributed by atoms with Crippen LogP contribution in [0.3, 0.4) is 0 Å². The predicted octanol–water partition coefficient (Wildman–Crippen LogP) is 2.40. The number of hydrogen-bond donors (Lipinski definition) is 2. The molecule has 0 saturated carbocycles. The second-order valence-electron chi connectivity index (χ2n) is 4.86. The van der Waals surface area contributed by atoms with Crippen LogP contribution in [0.25, 0.3) is 0 Å². The molecule has 1 aromatic rings. The Morgan fingerprint density at radius 1 is 1.52 bits per heavy atom. The molecular formula is C14H19Cl2FN2O2. The molecule has 0 spiro atoms. The molecule has 1 unspecified atom stereocenters. The molecule has 21 heavy (non-hydrogen) atoms. The summed E-state index contributed by atoms with van der Waals surface area (Å²) in [5, 5.41) is 6.25. The number of nitrogens with one attached hydrogen (secondary N) is 2. The second kappa shape index (κ2) is 9.07. The van der Waals surface area contributed by atoms with Gasteiger partial charge in [0.05, 0.1) is 5.02 Å². The number of benzene rings is 1. The van der Waals surface area contributed by atoms with E-state index in [4.69, 9.17) is 16.3 Å². The van der Waals surface area contributed by atoms with E-state index >= 15 is 0 Å². The first-order chi connectivity index (χ1) is 9.65. The fourth-order valence-corrected chi connectivity index (χ4v) is 2.38. The summed E-state index contributed by atoms with van der Waals surface area (Å²) in [6, 6.07) is 3.81. The summed E-state index contributed by atoms with van der Waals surface area (Å²) >= 11 is 5.80. The van der Waals surface area contributed by atoms with Gasteiger partial charge in [0.15, 0.2) is 6.61 Å². The molecule has 0 aromatic heterocycles. The van der Waals surface area contributed by atoms with Gasteiger partial charge in [0, 0.05) is 6.54 Å². The first-order valence-electron chi connectivity index (χ1n) is 6.70. The molecule has 4 nitrogen and oxygen atoms in total. The summed E-state index contributed by atoms with van der Waals surface area (Å²) in [4.78, 5) is 11.6. The lowest BCUT2D eigenvalue weighted by molar-refractivity contribution is -0.123. The first kappa shape index (κ1) is 18.0. The first-order valence-corrected chi connectivity index (χ1v) is 7.08. The van der Waals surface area contributed by atoms with Gasteiger partial charge in [-0.15, -0.1) is 12.4 Å². The molecule has 1 aliphatic heterocycles. The van der Waals surface area contributed by atoms with Crippen molar-refractivity contribution in [1.82, 2.24) is 10.6 Å². The fourth-order valence-electron chi connectivity index (χ4n) is 2.16. The van der Waals surface area contributed by atoms with Crippen molar-refractivity contribution in [3.8, 4) is 5.75 Å². The van der Waals surface area contributed by atoms with Crippen molar-refractivity contribution >= 4 is 29.9 Å². The van der Waals surface area contributed by atoms with Crippen LogP contribution >= 0.6 is 24.0 Å². The molecule has 2 rings (SSSR count). The summed E-state index contributed by atoms with van der Waals surface area (Å²) in [5.74, 6) is 0.319. The summed E-state index contributed by atoms with van der Waals surface area (Å²) in [6.07, 6.45) is 2.13. The zero-order chi connectivity index (χ0) is 14.4. The van der Waals surface area contributed by atoms with Gasteiger partial charge >= 0.3 is 0 Å². The van der Waals surface area contributed by atoms with Gasteiger partial charge < -0.3 is 15.4 Å². The predicted molar refractivity (Wildman–Crippen MR) is 82.8 cm³/mol. The molecule has 1 aromatic carbocycles. The van der Waals surface area contributed by atoms with Crippen molar-refractivity contribution in [1.29, 1.82) is 0 Å².